The Balaban J connectivity index is 1.46. The number of halogens is 2. The number of anilines is 3. The quantitative estimate of drug-likeness (QED) is 0.353. The zero-order valence-corrected chi connectivity index (χ0v) is 21.2. The summed E-state index contributed by atoms with van der Waals surface area (Å²) in [5.41, 5.74) is 8.40. The minimum Gasteiger partial charge on any atom is -0.497 e. The molecule has 1 fully saturated rings. The van der Waals surface area contributed by atoms with Gasteiger partial charge in [-0.25, -0.2) is 13.8 Å². The summed E-state index contributed by atoms with van der Waals surface area (Å²) in [5.74, 6) is -1.15. The summed E-state index contributed by atoms with van der Waals surface area (Å²) in [6, 6.07) is 6.92. The van der Waals surface area contributed by atoms with Gasteiger partial charge in [-0.2, -0.15) is 9.61 Å². The Bertz CT molecular complexity index is 1460. The highest BCUT2D eigenvalue weighted by Crippen LogP contribution is 2.32. The summed E-state index contributed by atoms with van der Waals surface area (Å²) >= 11 is 0. The molecule has 4 heterocycles. The number of methoxy groups -OCH3 is 1. The van der Waals surface area contributed by atoms with Crippen molar-refractivity contribution in [3.63, 3.8) is 0 Å². The number of nitrogens with one attached hydrogen (secondary N) is 2. The van der Waals surface area contributed by atoms with Gasteiger partial charge in [-0.3, -0.25) is 9.78 Å². The third kappa shape index (κ3) is 4.82. The van der Waals surface area contributed by atoms with E-state index in [1.807, 2.05) is 13.0 Å². The lowest BCUT2D eigenvalue weighted by Gasteiger charge is -2.42. The first-order chi connectivity index (χ1) is 18.2. The molecule has 1 saturated heterocycles. The van der Waals surface area contributed by atoms with Crippen molar-refractivity contribution < 1.29 is 18.3 Å². The van der Waals surface area contributed by atoms with Crippen LogP contribution in [0, 0.1) is 17.6 Å². The third-order valence-corrected chi connectivity index (χ3v) is 6.66. The highest BCUT2D eigenvalue weighted by atomic mass is 19.1. The molecular weight excluding hydrogens is 494 g/mol. The number of nitrogens with two attached hydrogens (primary N) is 1. The van der Waals surface area contributed by atoms with Gasteiger partial charge in [-0.1, -0.05) is 6.92 Å². The molecule has 1 aliphatic rings. The number of piperidine rings is 1. The van der Waals surface area contributed by atoms with Crippen LogP contribution in [0.2, 0.25) is 0 Å². The summed E-state index contributed by atoms with van der Waals surface area (Å²) in [4.78, 5) is 22.4. The fourth-order valence-corrected chi connectivity index (χ4v) is 4.90. The van der Waals surface area contributed by atoms with Crippen molar-refractivity contribution in [3.8, 4) is 17.0 Å². The van der Waals surface area contributed by atoms with Gasteiger partial charge < -0.3 is 26.0 Å². The summed E-state index contributed by atoms with van der Waals surface area (Å²) < 4.78 is 35.9. The van der Waals surface area contributed by atoms with E-state index in [1.54, 1.807) is 24.7 Å². The van der Waals surface area contributed by atoms with Gasteiger partial charge in [-0.05, 0) is 24.1 Å². The lowest BCUT2D eigenvalue weighted by molar-refractivity contribution is -0.120. The number of amides is 1. The van der Waals surface area contributed by atoms with E-state index in [-0.39, 0.29) is 40.9 Å². The maximum atomic E-state index is 14.7. The second-order valence-corrected chi connectivity index (χ2v) is 9.39. The number of rotatable bonds is 6. The first kappa shape index (κ1) is 25.3. The zero-order valence-electron chi connectivity index (χ0n) is 21.2. The van der Waals surface area contributed by atoms with Crippen LogP contribution in [0.25, 0.3) is 16.8 Å². The van der Waals surface area contributed by atoms with Crippen LogP contribution in [-0.4, -0.2) is 57.8 Å². The number of pyridine rings is 1. The molecule has 1 amide bonds. The van der Waals surface area contributed by atoms with E-state index in [2.05, 4.69) is 30.6 Å². The van der Waals surface area contributed by atoms with Gasteiger partial charge in [0.05, 0.1) is 47.7 Å². The highest BCUT2D eigenvalue weighted by Gasteiger charge is 2.34. The maximum Gasteiger partial charge on any atom is 0.229 e. The maximum absolute atomic E-state index is 14.7. The average molecular weight is 523 g/mol. The van der Waals surface area contributed by atoms with Gasteiger partial charge in [-0.15, -0.1) is 0 Å². The molecule has 0 saturated carbocycles. The zero-order chi connectivity index (χ0) is 27.0. The number of fused-ring (bicyclic) bond motifs is 1. The number of imidazole rings is 1. The molecule has 0 bridgehead atoms. The topological polar surface area (TPSA) is 123 Å². The summed E-state index contributed by atoms with van der Waals surface area (Å²) in [6.45, 7) is 4.72. The smallest absolute Gasteiger partial charge is 0.229 e. The highest BCUT2D eigenvalue weighted by molar-refractivity contribution is 5.75. The van der Waals surface area contributed by atoms with Crippen molar-refractivity contribution in [1.29, 1.82) is 0 Å². The van der Waals surface area contributed by atoms with Gasteiger partial charge in [0, 0.05) is 50.4 Å². The van der Waals surface area contributed by atoms with Crippen LogP contribution in [0.5, 0.6) is 5.75 Å². The van der Waals surface area contributed by atoms with Crippen LogP contribution in [0.1, 0.15) is 13.8 Å². The van der Waals surface area contributed by atoms with Crippen molar-refractivity contribution in [2.24, 2.45) is 11.7 Å². The molecule has 1 aromatic carbocycles. The molecule has 5 rings (SSSR count). The molecule has 198 valence electrons. The number of aromatic nitrogens is 4. The van der Waals surface area contributed by atoms with Crippen molar-refractivity contribution in [2.45, 2.75) is 25.9 Å². The molecule has 3 atom stereocenters. The van der Waals surface area contributed by atoms with E-state index in [0.717, 1.165) is 17.8 Å². The minimum absolute atomic E-state index is 0.0778. The van der Waals surface area contributed by atoms with Gasteiger partial charge in [0.25, 0.3) is 0 Å². The molecule has 1 aliphatic heterocycles. The van der Waals surface area contributed by atoms with Gasteiger partial charge in [0.1, 0.15) is 17.4 Å². The molecule has 4 aromatic rings. The Morgan fingerprint density at radius 3 is 2.61 bits per heavy atom. The Morgan fingerprint density at radius 1 is 1.16 bits per heavy atom. The fourth-order valence-electron chi connectivity index (χ4n) is 4.90. The number of nitrogens with zero attached hydrogens (tertiary/aromatic N) is 5. The number of benzene rings is 1. The van der Waals surface area contributed by atoms with E-state index in [9.17, 15) is 13.6 Å². The van der Waals surface area contributed by atoms with Crippen LogP contribution < -0.4 is 26.0 Å². The van der Waals surface area contributed by atoms with E-state index < -0.39 is 11.6 Å². The van der Waals surface area contributed by atoms with Crippen molar-refractivity contribution >= 4 is 28.7 Å². The van der Waals surface area contributed by atoms with Crippen LogP contribution in [-0.2, 0) is 4.79 Å². The fraction of sp³-hybridized carbons (Fsp3) is 0.308. The molecule has 3 aromatic heterocycles. The molecule has 10 nitrogen and oxygen atoms in total. The van der Waals surface area contributed by atoms with E-state index in [4.69, 9.17) is 10.5 Å². The SMILES string of the molecule is COc1cc(F)c(-c2ccc3cnc(Nc4cnccc4N4C[C@@H](N)[C@@H](NC(C)=O)[C@@H](C)C4)n3n2)c(F)c1. The van der Waals surface area contributed by atoms with Crippen LogP contribution >= 0.6 is 0 Å². The Hall–Kier alpha value is -4.32. The van der Waals surface area contributed by atoms with E-state index in [0.29, 0.717) is 30.2 Å². The van der Waals surface area contributed by atoms with Crippen molar-refractivity contribution in [3.05, 3.63) is 60.6 Å². The molecule has 12 heteroatoms. The summed E-state index contributed by atoms with van der Waals surface area (Å²) in [7, 11) is 1.34. The minimum atomic E-state index is -0.786. The number of carbonyl (C=O) groups is 1. The lowest BCUT2D eigenvalue weighted by atomic mass is 9.89. The van der Waals surface area contributed by atoms with Gasteiger partial charge in [0.2, 0.25) is 11.9 Å². The van der Waals surface area contributed by atoms with Crippen LogP contribution in [0.4, 0.5) is 26.1 Å². The molecule has 0 spiro atoms. The molecule has 0 aliphatic carbocycles. The summed E-state index contributed by atoms with van der Waals surface area (Å²) in [5, 5.41) is 10.7. The van der Waals surface area contributed by atoms with Gasteiger partial charge >= 0.3 is 0 Å². The second-order valence-electron chi connectivity index (χ2n) is 9.39. The largest absolute Gasteiger partial charge is 0.497 e. The van der Waals surface area contributed by atoms with Crippen LogP contribution in [0.3, 0.4) is 0 Å². The standard InChI is InChI=1S/C26H28F2N8O2/c1-14-12-35(13-20(29)25(14)32-15(2)37)23-6-7-30-11-22(23)33-26-31-10-16-4-5-21(34-36(16)26)24-18(27)8-17(38-3)9-19(24)28/h4-11,14,20,25H,12-13,29H2,1-3H3,(H,31,33)(H,32,37)/t14-,20+,25-/m0/s1. The molecular formula is C26H28F2N8O2. The Labute approximate surface area is 217 Å². The van der Waals surface area contributed by atoms with Gasteiger partial charge in [0.15, 0.2) is 0 Å². The predicted octanol–water partition coefficient (Wildman–Crippen LogP) is 3.11. The van der Waals surface area contributed by atoms with E-state index >= 15 is 0 Å². The number of carbonyl (C=O) groups excluding carboxylic acids is 1. The normalized spacial score (nSPS) is 19.4. The first-order valence-electron chi connectivity index (χ1n) is 12.1. The Morgan fingerprint density at radius 2 is 1.92 bits per heavy atom. The number of hydrogen-bond acceptors (Lipinski definition) is 8. The number of hydrogen-bond donors (Lipinski definition) is 3. The Kier molecular flexibility index (Phi) is 6.81. The average Bonchev–Trinajstić information content (AvgIpc) is 3.27. The van der Waals surface area contributed by atoms with E-state index in [1.165, 1.54) is 24.6 Å². The van der Waals surface area contributed by atoms with Crippen molar-refractivity contribution in [1.82, 2.24) is 24.9 Å². The van der Waals surface area contributed by atoms with Crippen molar-refractivity contribution in [2.75, 3.05) is 30.4 Å². The predicted molar refractivity (Wildman–Crippen MR) is 139 cm³/mol. The monoisotopic (exact) mass is 522 g/mol. The third-order valence-electron chi connectivity index (χ3n) is 6.66. The van der Waals surface area contributed by atoms with Crippen LogP contribution in [0.15, 0.2) is 48.9 Å². The number of ether oxygens (including phenoxy) is 1. The second kappa shape index (κ2) is 10.2. The molecule has 0 unspecified atom stereocenters. The summed E-state index contributed by atoms with van der Waals surface area (Å²) in [6.07, 6.45) is 4.96. The molecule has 38 heavy (non-hydrogen) atoms. The molecule has 0 radical (unpaired) electrons. The lowest BCUT2D eigenvalue weighted by Crippen LogP contribution is -2.61. The first-order valence-corrected chi connectivity index (χ1v) is 12.1. The molecule has 4 N–H and O–H groups in total.